The van der Waals surface area contributed by atoms with Crippen LogP contribution in [0.5, 0.6) is 0 Å². The van der Waals surface area contributed by atoms with Gasteiger partial charge in [0.25, 0.3) is 0 Å². The summed E-state index contributed by atoms with van der Waals surface area (Å²) in [6, 6.07) is 0. The summed E-state index contributed by atoms with van der Waals surface area (Å²) in [6.45, 7) is 3.31. The van der Waals surface area contributed by atoms with Crippen molar-refractivity contribution in [1.82, 2.24) is 0 Å². The number of carbonyl (C=O) groups excluding carboxylic acids is 2. The van der Waals surface area contributed by atoms with E-state index in [4.69, 9.17) is 18.5 Å². The second-order valence-corrected chi connectivity index (χ2v) is 18.7. The van der Waals surface area contributed by atoms with Crippen molar-refractivity contribution < 1.29 is 63.1 Å². The molecule has 0 amide bonds. The first kappa shape index (κ1) is 57.6. The van der Waals surface area contributed by atoms with Crippen molar-refractivity contribution in [2.45, 2.75) is 262 Å². The van der Waals surface area contributed by atoms with E-state index in [2.05, 4.69) is 26.0 Å². The van der Waals surface area contributed by atoms with Crippen LogP contribution in [-0.2, 0) is 32.7 Å². The molecule has 14 heteroatoms. The molecule has 0 bridgehead atoms. The summed E-state index contributed by atoms with van der Waals surface area (Å²) >= 11 is 0. The van der Waals surface area contributed by atoms with E-state index in [1.165, 1.54) is 128 Å². The molecule has 6 atom stereocenters. The van der Waals surface area contributed by atoms with Crippen molar-refractivity contribution in [2.24, 2.45) is 0 Å². The first-order valence-corrected chi connectivity index (χ1v) is 26.0. The Bertz CT molecular complexity index is 1120. The predicted molar refractivity (Wildman–Crippen MR) is 240 cm³/mol. The second-order valence-electron chi connectivity index (χ2n) is 17.3. The maximum Gasteiger partial charge on any atom is 0.472 e. The molecule has 6 unspecified atom stereocenters. The Hall–Kier alpha value is -1.41. The van der Waals surface area contributed by atoms with Gasteiger partial charge in [-0.15, -0.1) is 0 Å². The fourth-order valence-corrected chi connectivity index (χ4v) is 8.61. The van der Waals surface area contributed by atoms with Crippen molar-refractivity contribution in [2.75, 3.05) is 13.2 Å². The summed E-state index contributed by atoms with van der Waals surface area (Å²) in [7, 11) is -5.11. The number of hydrogen-bond acceptors (Lipinski definition) is 12. The number of aliphatic hydroxyl groups is 5. The average Bonchev–Trinajstić information content (AvgIpc) is 3.24. The van der Waals surface area contributed by atoms with Gasteiger partial charge in [0.15, 0.2) is 6.10 Å². The minimum absolute atomic E-state index is 0.0988. The van der Waals surface area contributed by atoms with E-state index in [9.17, 15) is 44.6 Å². The Morgan fingerprint density at radius 1 is 0.492 bits per heavy atom. The molecule has 0 saturated heterocycles. The Kier molecular flexibility index (Phi) is 35.8. The van der Waals surface area contributed by atoms with Gasteiger partial charge in [0, 0.05) is 12.8 Å². The molecule has 1 rings (SSSR count). The number of rotatable bonds is 41. The molecule has 1 aliphatic rings. The second kappa shape index (κ2) is 37.9. The van der Waals surface area contributed by atoms with Gasteiger partial charge in [0.05, 0.1) is 6.61 Å². The molecule has 61 heavy (non-hydrogen) atoms. The lowest BCUT2D eigenvalue weighted by atomic mass is 9.85. The van der Waals surface area contributed by atoms with Gasteiger partial charge >= 0.3 is 19.8 Å². The summed E-state index contributed by atoms with van der Waals surface area (Å²) in [6.07, 6.45) is 27.0. The quantitative estimate of drug-likeness (QED) is 0.0146. The van der Waals surface area contributed by atoms with Gasteiger partial charge < -0.3 is 39.9 Å². The van der Waals surface area contributed by atoms with E-state index < -0.39 is 75.7 Å². The molecule has 0 radical (unpaired) electrons. The molecule has 360 valence electrons. The largest absolute Gasteiger partial charge is 0.472 e. The lowest BCUT2D eigenvalue weighted by Gasteiger charge is -2.41. The fraction of sp³-hybridized carbons (Fsp3) is 0.915. The summed E-state index contributed by atoms with van der Waals surface area (Å²) in [5, 5.41) is 50.1. The Labute approximate surface area is 369 Å². The van der Waals surface area contributed by atoms with Crippen LogP contribution < -0.4 is 0 Å². The first-order valence-electron chi connectivity index (χ1n) is 24.5. The predicted octanol–water partition coefficient (Wildman–Crippen LogP) is 9.84. The van der Waals surface area contributed by atoms with Crippen molar-refractivity contribution in [3.05, 3.63) is 12.2 Å². The summed E-state index contributed by atoms with van der Waals surface area (Å²) in [5.41, 5.74) is 0. The zero-order valence-corrected chi connectivity index (χ0v) is 39.1. The third kappa shape index (κ3) is 30.4. The number of aliphatic hydroxyl groups excluding tert-OH is 5. The monoisotopic (exact) mass is 893 g/mol. The Balaban J connectivity index is 2.38. The Morgan fingerprint density at radius 3 is 1.25 bits per heavy atom. The molecule has 0 aliphatic heterocycles. The molecular formula is C47H89O13P. The number of ether oxygens (including phenoxy) is 2. The highest BCUT2D eigenvalue weighted by atomic mass is 31.2. The number of unbranched alkanes of at least 4 members (excludes halogenated alkanes) is 27. The third-order valence-electron chi connectivity index (χ3n) is 11.6. The van der Waals surface area contributed by atoms with Gasteiger partial charge in [0.2, 0.25) is 0 Å². The molecule has 13 nitrogen and oxygen atoms in total. The summed E-state index contributed by atoms with van der Waals surface area (Å²) < 4.78 is 33.5. The number of allylic oxidation sites excluding steroid dienone is 2. The SMILES string of the molecule is CCCCCCCCCC/C=C\CCCCCCCCCCCC(=O)OC(COC(=O)CCCCCCCCCCCCC)COP(=O)(O)OC1C(O)C(O)C(O)C(O)C1O. The third-order valence-corrected chi connectivity index (χ3v) is 12.6. The van der Waals surface area contributed by atoms with Crippen LogP contribution in [0.15, 0.2) is 12.2 Å². The number of hydrogen-bond donors (Lipinski definition) is 6. The Morgan fingerprint density at radius 2 is 0.836 bits per heavy atom. The van der Waals surface area contributed by atoms with Gasteiger partial charge in [-0.3, -0.25) is 18.6 Å². The van der Waals surface area contributed by atoms with Crippen molar-refractivity contribution in [3.63, 3.8) is 0 Å². The molecule has 0 aromatic rings. The zero-order valence-electron chi connectivity index (χ0n) is 38.2. The summed E-state index contributed by atoms with van der Waals surface area (Å²) in [4.78, 5) is 35.7. The highest BCUT2D eigenvalue weighted by Crippen LogP contribution is 2.47. The lowest BCUT2D eigenvalue weighted by Crippen LogP contribution is -2.64. The molecule has 0 heterocycles. The molecule has 0 aromatic carbocycles. The van der Waals surface area contributed by atoms with Crippen molar-refractivity contribution >= 4 is 19.8 Å². The van der Waals surface area contributed by atoms with E-state index in [0.717, 1.165) is 51.4 Å². The molecule has 1 aliphatic carbocycles. The minimum Gasteiger partial charge on any atom is -0.462 e. The molecule has 1 saturated carbocycles. The van der Waals surface area contributed by atoms with E-state index in [0.29, 0.717) is 12.8 Å². The van der Waals surface area contributed by atoms with Crippen molar-refractivity contribution in [1.29, 1.82) is 0 Å². The van der Waals surface area contributed by atoms with E-state index in [-0.39, 0.29) is 12.8 Å². The highest BCUT2D eigenvalue weighted by Gasteiger charge is 2.51. The standard InChI is InChI=1S/C47H89O13P/c1-3-5-7-9-11-13-15-16-17-18-19-20-21-22-23-24-26-28-30-32-34-36-41(49)59-39(37-57-40(48)35-33-31-29-27-25-14-12-10-8-6-4-2)38-58-61(55,56)60-47-45(53)43(51)42(50)44(52)46(47)54/h18-19,39,42-47,50-54H,3-17,20-38H2,1-2H3,(H,55,56)/b19-18-. The molecule has 6 N–H and O–H groups in total. The molecule has 1 fully saturated rings. The normalized spacial score (nSPS) is 22.0. The van der Waals surface area contributed by atoms with Crippen LogP contribution >= 0.6 is 7.82 Å². The smallest absolute Gasteiger partial charge is 0.462 e. The van der Waals surface area contributed by atoms with Gasteiger partial charge in [-0.1, -0.05) is 180 Å². The van der Waals surface area contributed by atoms with Gasteiger partial charge in [-0.25, -0.2) is 4.57 Å². The number of carbonyl (C=O) groups is 2. The molecule has 0 spiro atoms. The first-order chi connectivity index (χ1) is 29.4. The average molecular weight is 893 g/mol. The van der Waals surface area contributed by atoms with Crippen LogP contribution in [-0.4, -0.2) is 98.3 Å². The maximum absolute atomic E-state index is 12.8. The topological polar surface area (TPSA) is 210 Å². The minimum atomic E-state index is -5.11. The summed E-state index contributed by atoms with van der Waals surface area (Å²) in [5.74, 6) is -1.09. The van der Waals surface area contributed by atoms with Crippen LogP contribution in [0.1, 0.15) is 219 Å². The maximum atomic E-state index is 12.8. The van der Waals surface area contributed by atoms with E-state index in [1.54, 1.807) is 0 Å². The molecular weight excluding hydrogens is 803 g/mol. The highest BCUT2D eigenvalue weighted by molar-refractivity contribution is 7.47. The van der Waals surface area contributed by atoms with Gasteiger partial charge in [0.1, 0.15) is 43.2 Å². The van der Waals surface area contributed by atoms with Crippen LogP contribution in [0.4, 0.5) is 0 Å². The van der Waals surface area contributed by atoms with E-state index in [1.807, 2.05) is 0 Å². The van der Waals surface area contributed by atoms with Gasteiger partial charge in [-0.05, 0) is 38.5 Å². The van der Waals surface area contributed by atoms with Crippen LogP contribution in [0.2, 0.25) is 0 Å². The number of phosphoric ester groups is 1. The lowest BCUT2D eigenvalue weighted by molar-refractivity contribution is -0.220. The van der Waals surface area contributed by atoms with Gasteiger partial charge in [-0.2, -0.15) is 0 Å². The fourth-order valence-electron chi connectivity index (χ4n) is 7.64. The van der Waals surface area contributed by atoms with Crippen LogP contribution in [0.25, 0.3) is 0 Å². The van der Waals surface area contributed by atoms with Crippen molar-refractivity contribution in [3.8, 4) is 0 Å². The van der Waals surface area contributed by atoms with E-state index >= 15 is 0 Å². The van der Waals surface area contributed by atoms with Crippen LogP contribution in [0.3, 0.4) is 0 Å². The van der Waals surface area contributed by atoms with Crippen LogP contribution in [0, 0.1) is 0 Å². The number of esters is 2. The number of phosphoric acid groups is 1. The zero-order chi connectivity index (χ0) is 45.0. The molecule has 0 aromatic heterocycles.